The van der Waals surface area contributed by atoms with Crippen LogP contribution in [0.5, 0.6) is 5.75 Å². The first-order valence-electron chi connectivity index (χ1n) is 10.3. The molecule has 0 radical (unpaired) electrons. The largest absolute Gasteiger partial charge is 1.00 e. The summed E-state index contributed by atoms with van der Waals surface area (Å²) < 4.78 is 40.1. The first-order valence-corrected chi connectivity index (χ1v) is 10.3. The Hall–Kier alpha value is -2.28. The van der Waals surface area contributed by atoms with Crippen LogP contribution in [-0.2, 0) is 24.4 Å². The predicted molar refractivity (Wildman–Crippen MR) is 116 cm³/mol. The molecule has 2 N–H and O–H groups in total. The molecule has 0 unspecified atom stereocenters. The summed E-state index contributed by atoms with van der Waals surface area (Å²) in [6.45, 7) is 0. The van der Waals surface area contributed by atoms with E-state index in [1.54, 1.807) is 18.2 Å². The molecule has 2 aromatic carbocycles. The van der Waals surface area contributed by atoms with Gasteiger partial charge in [0.2, 0.25) is 0 Å². The minimum atomic E-state index is -4.49. The number of aliphatic carboxylic acids is 1. The second-order valence-corrected chi connectivity index (χ2v) is 7.82. The van der Waals surface area contributed by atoms with Gasteiger partial charge < -0.3 is 30.2 Å². The van der Waals surface area contributed by atoms with Crippen LogP contribution in [0.15, 0.2) is 65.6 Å². The fraction of sp³-hybridized carbons (Fsp3) is 0.208. The number of aromatic nitrogens is 1. The smallest absolute Gasteiger partial charge is 0.871 e. The number of anilines is 1. The van der Waals surface area contributed by atoms with E-state index < -0.39 is 53.2 Å². The van der Waals surface area contributed by atoms with Crippen LogP contribution >= 0.6 is 0 Å². The van der Waals surface area contributed by atoms with Gasteiger partial charge in [-0.3, -0.25) is 4.79 Å². The molecule has 0 aliphatic carbocycles. The number of carboxylic acid groups (broad SMARTS) is 1. The van der Waals surface area contributed by atoms with Crippen LogP contribution in [0.3, 0.4) is 0 Å². The zero-order chi connectivity index (χ0) is 25.8. The number of carboxylic acids is 1. The van der Waals surface area contributed by atoms with Crippen molar-refractivity contribution in [3.8, 4) is 5.75 Å². The molecule has 1 atom stereocenters. The third-order valence-electron chi connectivity index (χ3n) is 5.16. The molecule has 0 bridgehead atoms. The predicted octanol–water partition coefficient (Wildman–Crippen LogP) is -3.92. The van der Waals surface area contributed by atoms with Crippen molar-refractivity contribution in [3.05, 3.63) is 93.4 Å². The molecule has 13 heteroatoms. The molecular weight excluding hydrogens is 513 g/mol. The minimum Gasteiger partial charge on any atom is -0.871 e. The van der Waals surface area contributed by atoms with Gasteiger partial charge in [0.1, 0.15) is 5.69 Å². The number of hydrogen-bond acceptors (Lipinski definition) is 5. The molecule has 1 heterocycles. The van der Waals surface area contributed by atoms with Gasteiger partial charge in [0.25, 0.3) is 5.56 Å². The third-order valence-corrected chi connectivity index (χ3v) is 5.16. The normalized spacial score (nSPS) is 11.5. The van der Waals surface area contributed by atoms with Crippen LogP contribution in [0.4, 0.5) is 23.7 Å². The van der Waals surface area contributed by atoms with Crippen molar-refractivity contribution in [2.75, 3.05) is 5.32 Å². The first kappa shape index (κ1) is 32.7. The number of pyridine rings is 1. The Labute approximate surface area is 254 Å². The third kappa shape index (κ3) is 9.20. The monoisotopic (exact) mass is 533 g/mol. The number of alkyl halides is 3. The standard InChI is InChI=1S/C24H22F3N3O5.2Na/c1-30-9-8-19(31)21(22(30)34)29-23(35)28-18(13-20(32)33)16-6-2-4-14(11-16)10-15-5-3-7-17(12-15)24(25,26)27;;/h2-9,11-12,18,31H,10,13H2,1H3,(H,32,33)(H2,28,29,35);;/q;2*+1/p-2/t18-;;/m0../s1. The Morgan fingerprint density at radius 2 is 1.65 bits per heavy atom. The molecule has 184 valence electrons. The van der Waals surface area contributed by atoms with Crippen LogP contribution in [0, 0.1) is 0 Å². The number of benzene rings is 2. The summed E-state index contributed by atoms with van der Waals surface area (Å²) in [4.78, 5) is 35.9. The van der Waals surface area contributed by atoms with Crippen molar-refractivity contribution in [1.82, 2.24) is 9.88 Å². The van der Waals surface area contributed by atoms with E-state index in [0.717, 1.165) is 22.8 Å². The molecule has 0 saturated heterocycles. The van der Waals surface area contributed by atoms with Crippen molar-refractivity contribution < 1.29 is 92.1 Å². The van der Waals surface area contributed by atoms with Crippen LogP contribution in [0.1, 0.15) is 34.7 Å². The van der Waals surface area contributed by atoms with Crippen molar-refractivity contribution >= 4 is 17.7 Å². The molecule has 0 spiro atoms. The van der Waals surface area contributed by atoms with E-state index in [2.05, 4.69) is 10.6 Å². The van der Waals surface area contributed by atoms with E-state index in [1.807, 2.05) is 0 Å². The Balaban J connectivity index is 0.00000342. The summed E-state index contributed by atoms with van der Waals surface area (Å²) in [5.74, 6) is -2.19. The van der Waals surface area contributed by atoms with Gasteiger partial charge in [0.05, 0.1) is 11.6 Å². The van der Waals surface area contributed by atoms with Gasteiger partial charge in [-0.05, 0) is 29.2 Å². The van der Waals surface area contributed by atoms with Crippen molar-refractivity contribution in [3.63, 3.8) is 0 Å². The van der Waals surface area contributed by atoms with Gasteiger partial charge in [-0.2, -0.15) is 13.2 Å². The number of amides is 2. The SMILES string of the molecule is Cn1ccc([O-])c(NC(=O)N[C@@H](CC(=O)[O-])c2cccc(Cc3cccc(C(F)(F)F)c3)c2)c1=O.[Na+].[Na+]. The molecule has 8 nitrogen and oxygen atoms in total. The van der Waals surface area contributed by atoms with Crippen molar-refractivity contribution in [1.29, 1.82) is 0 Å². The maximum atomic E-state index is 13.0. The maximum absolute atomic E-state index is 13.0. The number of halogens is 3. The summed E-state index contributed by atoms with van der Waals surface area (Å²) in [5, 5.41) is 27.8. The van der Waals surface area contributed by atoms with E-state index in [0.29, 0.717) is 16.7 Å². The zero-order valence-electron chi connectivity index (χ0n) is 20.4. The van der Waals surface area contributed by atoms with Gasteiger partial charge in [-0.15, -0.1) is 0 Å². The fourth-order valence-corrected chi connectivity index (χ4v) is 3.47. The molecule has 3 rings (SSSR count). The number of nitrogens with one attached hydrogen (secondary N) is 2. The summed E-state index contributed by atoms with van der Waals surface area (Å²) in [7, 11) is 1.39. The maximum Gasteiger partial charge on any atom is 1.00 e. The Kier molecular flexibility index (Phi) is 12.4. The Morgan fingerprint density at radius 3 is 2.27 bits per heavy atom. The average Bonchev–Trinajstić information content (AvgIpc) is 2.78. The molecule has 1 aromatic heterocycles. The number of carbonyl (C=O) groups is 2. The van der Waals surface area contributed by atoms with Crippen LogP contribution in [0.2, 0.25) is 0 Å². The molecule has 37 heavy (non-hydrogen) atoms. The number of aryl methyl sites for hydroxylation is 1. The Bertz CT molecular complexity index is 1320. The van der Waals surface area contributed by atoms with E-state index in [1.165, 1.54) is 31.4 Å². The number of hydrogen-bond donors (Lipinski definition) is 2. The molecular formula is C24H20F3N3Na2O5. The number of rotatable bonds is 7. The van der Waals surface area contributed by atoms with Gasteiger partial charge in [-0.25, -0.2) is 4.79 Å². The minimum absolute atomic E-state index is 0. The van der Waals surface area contributed by atoms with Crippen LogP contribution in [0.25, 0.3) is 0 Å². The topological polar surface area (TPSA) is 126 Å². The zero-order valence-corrected chi connectivity index (χ0v) is 24.4. The van der Waals surface area contributed by atoms with E-state index in [-0.39, 0.29) is 65.5 Å². The average molecular weight is 533 g/mol. The van der Waals surface area contributed by atoms with Gasteiger partial charge >= 0.3 is 71.3 Å². The van der Waals surface area contributed by atoms with Crippen molar-refractivity contribution in [2.24, 2.45) is 7.05 Å². The molecule has 3 aromatic rings. The fourth-order valence-electron chi connectivity index (χ4n) is 3.47. The quantitative estimate of drug-likeness (QED) is 0.300. The molecule has 0 fully saturated rings. The second kappa shape index (κ2) is 14.0. The Morgan fingerprint density at radius 1 is 1.03 bits per heavy atom. The van der Waals surface area contributed by atoms with Gasteiger partial charge in [-0.1, -0.05) is 54.3 Å². The number of carbonyl (C=O) groups excluding carboxylic acids is 2. The summed E-state index contributed by atoms with van der Waals surface area (Å²) in [6, 6.07) is 10.1. The van der Waals surface area contributed by atoms with Gasteiger partial charge in [0, 0.05) is 25.6 Å². The molecule has 2 amide bonds. The molecule has 0 saturated carbocycles. The van der Waals surface area contributed by atoms with Crippen LogP contribution < -0.4 is 85.5 Å². The molecule has 0 aliphatic heterocycles. The van der Waals surface area contributed by atoms with Crippen LogP contribution in [-0.4, -0.2) is 16.6 Å². The summed E-state index contributed by atoms with van der Waals surface area (Å²) >= 11 is 0. The first-order chi connectivity index (χ1) is 16.4. The summed E-state index contributed by atoms with van der Waals surface area (Å²) in [5.41, 5.74) is -0.723. The van der Waals surface area contributed by atoms with Crippen molar-refractivity contribution in [2.45, 2.75) is 25.1 Å². The number of urea groups is 1. The van der Waals surface area contributed by atoms with Gasteiger partial charge in [0.15, 0.2) is 0 Å². The molecule has 0 aliphatic rings. The number of nitrogens with zero attached hydrogens (tertiary/aromatic N) is 1. The van der Waals surface area contributed by atoms with E-state index >= 15 is 0 Å². The second-order valence-electron chi connectivity index (χ2n) is 7.82. The van der Waals surface area contributed by atoms with E-state index in [4.69, 9.17) is 0 Å². The van der Waals surface area contributed by atoms with E-state index in [9.17, 15) is 37.8 Å². The summed E-state index contributed by atoms with van der Waals surface area (Å²) in [6.07, 6.45) is -3.75.